The second-order valence-electron chi connectivity index (χ2n) is 5.35. The van der Waals surface area contributed by atoms with Gasteiger partial charge in [0.2, 0.25) is 0 Å². The van der Waals surface area contributed by atoms with E-state index in [4.69, 9.17) is 0 Å². The number of hydrogen-bond acceptors (Lipinski definition) is 2. The molecule has 19 heavy (non-hydrogen) atoms. The van der Waals surface area contributed by atoms with Crippen LogP contribution in [-0.4, -0.2) is 9.55 Å². The van der Waals surface area contributed by atoms with Gasteiger partial charge in [-0.3, -0.25) is 0 Å². The number of rotatable bonds is 11. The zero-order valence-electron chi connectivity index (χ0n) is 13.0. The van der Waals surface area contributed by atoms with Gasteiger partial charge in [-0.25, -0.2) is 4.98 Å². The summed E-state index contributed by atoms with van der Waals surface area (Å²) in [4.78, 5) is 4.24. The van der Waals surface area contributed by atoms with Crippen molar-refractivity contribution in [3.05, 3.63) is 18.2 Å². The number of hydrogen-bond donors (Lipinski definition) is 1. The van der Waals surface area contributed by atoms with Crippen LogP contribution < -0.4 is 6.15 Å². The van der Waals surface area contributed by atoms with Crippen LogP contribution in [-0.2, 0) is 6.54 Å². The van der Waals surface area contributed by atoms with Crippen molar-refractivity contribution < 1.29 is 0 Å². The van der Waals surface area contributed by atoms with Crippen molar-refractivity contribution in [2.75, 3.05) is 0 Å². The molecule has 0 radical (unpaired) electrons. The lowest BCUT2D eigenvalue weighted by atomic mass is 10.1. The number of nitrogens with zero attached hydrogens (tertiary/aromatic N) is 2. The number of aromatic nitrogens is 2. The summed E-state index contributed by atoms with van der Waals surface area (Å²) < 4.78 is 2.25. The standard InChI is InChI=1S/C16H30N2.H3N/c1-3-4-5-6-7-8-9-10-11-12-14-18-15-13-17-16(18)2;/h13,15H,3-12,14H2,1-2H3;1H3. The minimum absolute atomic E-state index is 0. The predicted molar refractivity (Wildman–Crippen MR) is 83.8 cm³/mol. The van der Waals surface area contributed by atoms with Gasteiger partial charge in [-0.05, 0) is 13.3 Å². The first-order valence-corrected chi connectivity index (χ1v) is 7.82. The molecule has 0 atom stereocenters. The van der Waals surface area contributed by atoms with Crippen molar-refractivity contribution in [3.8, 4) is 0 Å². The molecule has 0 saturated heterocycles. The molecule has 112 valence electrons. The van der Waals surface area contributed by atoms with Crippen LogP contribution in [0.4, 0.5) is 0 Å². The van der Waals surface area contributed by atoms with Crippen molar-refractivity contribution in [2.24, 2.45) is 0 Å². The van der Waals surface area contributed by atoms with Crippen molar-refractivity contribution in [2.45, 2.75) is 84.6 Å². The molecule has 3 N–H and O–H groups in total. The van der Waals surface area contributed by atoms with E-state index in [9.17, 15) is 0 Å². The molecule has 1 aromatic rings. The third kappa shape index (κ3) is 8.82. The van der Waals surface area contributed by atoms with Gasteiger partial charge in [0.1, 0.15) is 5.82 Å². The van der Waals surface area contributed by atoms with Gasteiger partial charge < -0.3 is 10.7 Å². The van der Waals surface area contributed by atoms with Crippen LogP contribution in [0.25, 0.3) is 0 Å². The summed E-state index contributed by atoms with van der Waals surface area (Å²) in [6, 6.07) is 0. The first-order chi connectivity index (χ1) is 8.84. The number of aryl methyl sites for hydroxylation is 2. The average molecular weight is 267 g/mol. The molecule has 0 fully saturated rings. The lowest BCUT2D eigenvalue weighted by molar-refractivity contribution is 0.531. The van der Waals surface area contributed by atoms with E-state index in [0.29, 0.717) is 0 Å². The van der Waals surface area contributed by atoms with Gasteiger partial charge in [-0.2, -0.15) is 0 Å². The van der Waals surface area contributed by atoms with Crippen molar-refractivity contribution in [3.63, 3.8) is 0 Å². The first kappa shape index (κ1) is 18.2. The zero-order chi connectivity index (χ0) is 13.1. The predicted octanol–water partition coefficient (Wildman–Crippen LogP) is 5.27. The second kappa shape index (κ2) is 12.2. The van der Waals surface area contributed by atoms with Crippen LogP contribution in [0.2, 0.25) is 0 Å². The fraction of sp³-hybridized carbons (Fsp3) is 0.812. The topological polar surface area (TPSA) is 52.8 Å². The molecule has 0 aliphatic heterocycles. The molecule has 3 nitrogen and oxygen atoms in total. The van der Waals surface area contributed by atoms with E-state index in [1.807, 2.05) is 6.20 Å². The fourth-order valence-electron chi connectivity index (χ4n) is 2.41. The van der Waals surface area contributed by atoms with E-state index < -0.39 is 0 Å². The quantitative estimate of drug-likeness (QED) is 0.555. The van der Waals surface area contributed by atoms with E-state index in [-0.39, 0.29) is 6.15 Å². The highest BCUT2D eigenvalue weighted by Crippen LogP contribution is 2.11. The molecule has 1 rings (SSSR count). The molecular formula is C16H33N3. The molecule has 0 bridgehead atoms. The Kier molecular flexibility index (Phi) is 11.7. The lowest BCUT2D eigenvalue weighted by Gasteiger charge is -2.05. The Hall–Kier alpha value is -0.830. The van der Waals surface area contributed by atoms with Crippen molar-refractivity contribution >= 4 is 0 Å². The summed E-state index contributed by atoms with van der Waals surface area (Å²) in [6.45, 7) is 5.50. The molecule has 1 aromatic heterocycles. The fourth-order valence-corrected chi connectivity index (χ4v) is 2.41. The zero-order valence-corrected chi connectivity index (χ0v) is 13.0. The van der Waals surface area contributed by atoms with Gasteiger partial charge in [0.15, 0.2) is 0 Å². The maximum absolute atomic E-state index is 4.24. The second-order valence-corrected chi connectivity index (χ2v) is 5.35. The Morgan fingerprint density at radius 3 is 1.89 bits per heavy atom. The van der Waals surface area contributed by atoms with Crippen LogP contribution in [0.5, 0.6) is 0 Å². The smallest absolute Gasteiger partial charge is 0.105 e. The van der Waals surface area contributed by atoms with Gasteiger partial charge in [-0.15, -0.1) is 0 Å². The molecule has 0 aliphatic carbocycles. The minimum Gasteiger partial charge on any atom is -0.344 e. The van der Waals surface area contributed by atoms with Gasteiger partial charge in [0.05, 0.1) is 0 Å². The SMILES string of the molecule is CCCCCCCCCCCCn1ccnc1C.N. The van der Waals surface area contributed by atoms with Gasteiger partial charge in [0, 0.05) is 18.9 Å². The minimum atomic E-state index is 0. The maximum atomic E-state index is 4.24. The normalized spacial score (nSPS) is 10.4. The summed E-state index contributed by atoms with van der Waals surface area (Å²) in [5.74, 6) is 1.14. The average Bonchev–Trinajstić information content (AvgIpc) is 2.77. The van der Waals surface area contributed by atoms with Crippen LogP contribution in [0.3, 0.4) is 0 Å². The van der Waals surface area contributed by atoms with Crippen LogP contribution >= 0.6 is 0 Å². The molecule has 0 aromatic carbocycles. The van der Waals surface area contributed by atoms with Crippen LogP contribution in [0, 0.1) is 6.92 Å². The Morgan fingerprint density at radius 1 is 0.895 bits per heavy atom. The lowest BCUT2D eigenvalue weighted by Crippen LogP contribution is -1.98. The van der Waals surface area contributed by atoms with E-state index >= 15 is 0 Å². The summed E-state index contributed by atoms with van der Waals surface area (Å²) in [5.41, 5.74) is 0. The Labute approximate surface area is 119 Å². The molecule has 3 heteroatoms. The summed E-state index contributed by atoms with van der Waals surface area (Å²) in [7, 11) is 0. The molecule has 0 unspecified atom stereocenters. The highest BCUT2D eigenvalue weighted by molar-refractivity contribution is 4.87. The molecule has 0 aliphatic rings. The summed E-state index contributed by atoms with van der Waals surface area (Å²) in [6.07, 6.45) is 18.0. The third-order valence-corrected chi connectivity index (χ3v) is 3.68. The Balaban J connectivity index is 0.00000324. The molecule has 1 heterocycles. The van der Waals surface area contributed by atoms with Gasteiger partial charge in [-0.1, -0.05) is 64.7 Å². The first-order valence-electron chi connectivity index (χ1n) is 7.82. The highest BCUT2D eigenvalue weighted by Gasteiger charge is 1.96. The summed E-state index contributed by atoms with van der Waals surface area (Å²) in [5, 5.41) is 0. The van der Waals surface area contributed by atoms with Gasteiger partial charge in [0.25, 0.3) is 0 Å². The molecule has 0 saturated carbocycles. The molecule has 0 spiro atoms. The third-order valence-electron chi connectivity index (χ3n) is 3.68. The van der Waals surface area contributed by atoms with E-state index in [2.05, 4.69) is 29.6 Å². The van der Waals surface area contributed by atoms with Gasteiger partial charge >= 0.3 is 0 Å². The Morgan fingerprint density at radius 2 is 1.42 bits per heavy atom. The van der Waals surface area contributed by atoms with Crippen molar-refractivity contribution in [1.29, 1.82) is 0 Å². The van der Waals surface area contributed by atoms with Crippen LogP contribution in [0.15, 0.2) is 12.4 Å². The molecular weight excluding hydrogens is 234 g/mol. The van der Waals surface area contributed by atoms with Crippen LogP contribution in [0.1, 0.15) is 77.0 Å². The number of unbranched alkanes of at least 4 members (excludes halogenated alkanes) is 9. The van der Waals surface area contributed by atoms with E-state index in [1.165, 1.54) is 64.2 Å². The largest absolute Gasteiger partial charge is 0.344 e. The number of imidazole rings is 1. The van der Waals surface area contributed by atoms with E-state index in [1.54, 1.807) is 0 Å². The highest BCUT2D eigenvalue weighted by atomic mass is 15.0. The monoisotopic (exact) mass is 267 g/mol. The van der Waals surface area contributed by atoms with Crippen molar-refractivity contribution in [1.82, 2.24) is 15.7 Å². The summed E-state index contributed by atoms with van der Waals surface area (Å²) >= 11 is 0. The Bertz CT molecular complexity index is 294. The maximum Gasteiger partial charge on any atom is 0.105 e. The molecule has 0 amide bonds. The van der Waals surface area contributed by atoms with E-state index in [0.717, 1.165) is 12.4 Å².